The molecular weight excluding hydrogens is 404 g/mol. The summed E-state index contributed by atoms with van der Waals surface area (Å²) in [6.45, 7) is 2.54. The van der Waals surface area contributed by atoms with Crippen LogP contribution in [0.2, 0.25) is 5.02 Å². The van der Waals surface area contributed by atoms with Gasteiger partial charge < -0.3 is 4.74 Å². The first-order valence-corrected chi connectivity index (χ1v) is 10.4. The van der Waals surface area contributed by atoms with Crippen molar-refractivity contribution in [3.05, 3.63) is 47.5 Å². The second kappa shape index (κ2) is 7.50. The summed E-state index contributed by atoms with van der Waals surface area (Å²) in [5, 5.41) is 0.00360. The number of nitrogens with zero attached hydrogens (tertiary/aromatic N) is 2. The predicted octanol–water partition coefficient (Wildman–Crippen LogP) is 4.77. The second-order valence-corrected chi connectivity index (χ2v) is 8.82. The highest BCUT2D eigenvalue weighted by Crippen LogP contribution is 2.38. The van der Waals surface area contributed by atoms with Crippen molar-refractivity contribution < 1.29 is 14.3 Å². The highest BCUT2D eigenvalue weighted by molar-refractivity contribution is 8.02. The van der Waals surface area contributed by atoms with Gasteiger partial charge in [0, 0.05) is 11.4 Å². The van der Waals surface area contributed by atoms with E-state index in [1.165, 1.54) is 28.0 Å². The molecule has 1 aliphatic rings. The Morgan fingerprint density at radius 1 is 1.30 bits per heavy atom. The fourth-order valence-electron chi connectivity index (χ4n) is 2.89. The molecule has 1 aromatic heterocycles. The number of amides is 2. The molecule has 3 aromatic rings. The third-order valence-corrected chi connectivity index (χ3v) is 6.60. The molecule has 0 spiro atoms. The number of imide groups is 1. The summed E-state index contributed by atoms with van der Waals surface area (Å²) >= 11 is 8.82. The number of aromatic nitrogens is 1. The van der Waals surface area contributed by atoms with Crippen LogP contribution in [0.3, 0.4) is 0 Å². The Morgan fingerprint density at radius 3 is 2.93 bits per heavy atom. The minimum Gasteiger partial charge on any atom is -0.494 e. The number of hydrogen-bond acceptors (Lipinski definition) is 6. The highest BCUT2D eigenvalue weighted by atomic mass is 35.5. The Bertz CT molecular complexity index is 1040. The van der Waals surface area contributed by atoms with Crippen LogP contribution in [0.15, 0.2) is 46.8 Å². The average molecular weight is 419 g/mol. The van der Waals surface area contributed by atoms with Gasteiger partial charge in [-0.3, -0.25) is 9.59 Å². The van der Waals surface area contributed by atoms with Crippen molar-refractivity contribution in [2.24, 2.45) is 0 Å². The standard InChI is InChI=1S/C19H15ClN2O3S2/c1-2-25-13-6-7-14-15(9-13)26-19(21-14)27-16-10-17(23)22(18(16)24)12-5-3-4-11(20)8-12/h3-9,16H,2,10H2,1H3. The van der Waals surface area contributed by atoms with Crippen molar-refractivity contribution in [3.63, 3.8) is 0 Å². The van der Waals surface area contributed by atoms with Gasteiger partial charge >= 0.3 is 0 Å². The van der Waals surface area contributed by atoms with E-state index in [0.717, 1.165) is 20.3 Å². The lowest BCUT2D eigenvalue weighted by Crippen LogP contribution is -2.31. The average Bonchev–Trinajstić information content (AvgIpc) is 3.15. The lowest BCUT2D eigenvalue weighted by atomic mass is 10.3. The molecule has 0 radical (unpaired) electrons. The maximum atomic E-state index is 12.8. The molecular formula is C19H15ClN2O3S2. The first kappa shape index (κ1) is 18.3. The number of thioether (sulfide) groups is 1. The lowest BCUT2D eigenvalue weighted by molar-refractivity contribution is -0.121. The minimum absolute atomic E-state index is 0.149. The fourth-order valence-corrected chi connectivity index (χ4v) is 5.44. The van der Waals surface area contributed by atoms with E-state index in [2.05, 4.69) is 4.98 Å². The number of rotatable bonds is 5. The summed E-state index contributed by atoms with van der Waals surface area (Å²) in [5.41, 5.74) is 1.36. The fraction of sp³-hybridized carbons (Fsp3) is 0.211. The first-order valence-electron chi connectivity index (χ1n) is 8.37. The molecule has 27 heavy (non-hydrogen) atoms. The molecule has 0 aliphatic carbocycles. The van der Waals surface area contributed by atoms with Gasteiger partial charge in [-0.05, 0) is 43.3 Å². The zero-order chi connectivity index (χ0) is 19.0. The summed E-state index contributed by atoms with van der Waals surface area (Å²) in [5.74, 6) is 0.338. The summed E-state index contributed by atoms with van der Waals surface area (Å²) in [6, 6.07) is 12.5. The van der Waals surface area contributed by atoms with Crippen LogP contribution in [0.1, 0.15) is 13.3 Å². The van der Waals surface area contributed by atoms with Crippen LogP contribution in [0, 0.1) is 0 Å². The highest BCUT2D eigenvalue weighted by Gasteiger charge is 2.40. The van der Waals surface area contributed by atoms with E-state index >= 15 is 0 Å². The van der Waals surface area contributed by atoms with Crippen molar-refractivity contribution in [2.75, 3.05) is 11.5 Å². The summed E-state index contributed by atoms with van der Waals surface area (Å²) in [7, 11) is 0. The van der Waals surface area contributed by atoms with E-state index in [4.69, 9.17) is 16.3 Å². The molecule has 5 nitrogen and oxygen atoms in total. The monoisotopic (exact) mass is 418 g/mol. The van der Waals surface area contributed by atoms with Crippen molar-refractivity contribution in [2.45, 2.75) is 22.9 Å². The maximum Gasteiger partial charge on any atom is 0.247 e. The quantitative estimate of drug-likeness (QED) is 0.558. The number of hydrogen-bond donors (Lipinski definition) is 0. The van der Waals surface area contributed by atoms with Crippen LogP contribution in [0.25, 0.3) is 10.2 Å². The molecule has 138 valence electrons. The molecule has 0 saturated carbocycles. The Kier molecular flexibility index (Phi) is 5.08. The summed E-state index contributed by atoms with van der Waals surface area (Å²) in [6.07, 6.45) is 0.149. The van der Waals surface area contributed by atoms with E-state index < -0.39 is 5.25 Å². The molecule has 0 bridgehead atoms. The molecule has 8 heteroatoms. The smallest absolute Gasteiger partial charge is 0.247 e. The van der Waals surface area contributed by atoms with Crippen LogP contribution in [0.4, 0.5) is 5.69 Å². The molecule has 1 saturated heterocycles. The number of fused-ring (bicyclic) bond motifs is 1. The van der Waals surface area contributed by atoms with Crippen molar-refractivity contribution in [1.29, 1.82) is 0 Å². The third kappa shape index (κ3) is 3.67. The van der Waals surface area contributed by atoms with Gasteiger partial charge in [0.1, 0.15) is 11.0 Å². The Balaban J connectivity index is 1.55. The largest absolute Gasteiger partial charge is 0.494 e. The molecule has 0 N–H and O–H groups in total. The number of carbonyl (C=O) groups is 2. The van der Waals surface area contributed by atoms with Crippen LogP contribution >= 0.6 is 34.7 Å². The van der Waals surface area contributed by atoms with Gasteiger partial charge in [-0.25, -0.2) is 9.88 Å². The molecule has 4 rings (SSSR count). The van der Waals surface area contributed by atoms with Crippen LogP contribution < -0.4 is 9.64 Å². The van der Waals surface area contributed by atoms with Gasteiger partial charge in [-0.1, -0.05) is 29.4 Å². The van der Waals surface area contributed by atoms with Gasteiger partial charge in [0.15, 0.2) is 4.34 Å². The zero-order valence-electron chi connectivity index (χ0n) is 14.3. The zero-order valence-corrected chi connectivity index (χ0v) is 16.7. The minimum atomic E-state index is -0.483. The van der Waals surface area contributed by atoms with E-state index in [0.29, 0.717) is 17.3 Å². The number of benzene rings is 2. The van der Waals surface area contributed by atoms with Crippen LogP contribution in [-0.4, -0.2) is 28.7 Å². The Morgan fingerprint density at radius 2 is 2.15 bits per heavy atom. The van der Waals surface area contributed by atoms with Gasteiger partial charge in [0.25, 0.3) is 0 Å². The molecule has 1 fully saturated rings. The van der Waals surface area contributed by atoms with Gasteiger partial charge in [0.05, 0.1) is 22.5 Å². The van der Waals surface area contributed by atoms with Crippen molar-refractivity contribution in [1.82, 2.24) is 4.98 Å². The number of anilines is 1. The van der Waals surface area contributed by atoms with Gasteiger partial charge in [-0.2, -0.15) is 0 Å². The number of ether oxygens (including phenoxy) is 1. The Labute approximate surface area is 169 Å². The number of halogens is 1. The normalized spacial score (nSPS) is 17.1. The SMILES string of the molecule is CCOc1ccc2nc(SC3CC(=O)N(c4cccc(Cl)c4)C3=O)sc2c1. The second-order valence-electron chi connectivity index (χ2n) is 5.90. The van der Waals surface area contributed by atoms with Crippen LogP contribution in [0.5, 0.6) is 5.75 Å². The van der Waals surface area contributed by atoms with E-state index in [-0.39, 0.29) is 18.2 Å². The third-order valence-electron chi connectivity index (χ3n) is 4.07. The molecule has 1 unspecified atom stereocenters. The maximum absolute atomic E-state index is 12.8. The molecule has 2 heterocycles. The summed E-state index contributed by atoms with van der Waals surface area (Å²) in [4.78, 5) is 31.0. The number of carbonyl (C=O) groups excluding carboxylic acids is 2. The van der Waals surface area contributed by atoms with Crippen molar-refractivity contribution in [3.8, 4) is 5.75 Å². The lowest BCUT2D eigenvalue weighted by Gasteiger charge is -2.14. The van der Waals surface area contributed by atoms with E-state index in [9.17, 15) is 9.59 Å². The van der Waals surface area contributed by atoms with Gasteiger partial charge in [0.2, 0.25) is 11.8 Å². The topological polar surface area (TPSA) is 59.5 Å². The molecule has 2 aromatic carbocycles. The molecule has 2 amide bonds. The van der Waals surface area contributed by atoms with Crippen molar-refractivity contribution >= 4 is 62.4 Å². The Hall–Kier alpha value is -2.09. The van der Waals surface area contributed by atoms with Crippen LogP contribution in [-0.2, 0) is 9.59 Å². The van der Waals surface area contributed by atoms with E-state index in [1.807, 2.05) is 25.1 Å². The predicted molar refractivity (Wildman–Crippen MR) is 109 cm³/mol. The number of thiazole rings is 1. The first-order chi connectivity index (χ1) is 13.0. The summed E-state index contributed by atoms with van der Waals surface area (Å²) < 4.78 is 7.27. The van der Waals surface area contributed by atoms with E-state index in [1.54, 1.807) is 24.3 Å². The van der Waals surface area contributed by atoms with Gasteiger partial charge in [-0.15, -0.1) is 11.3 Å². The molecule has 1 atom stereocenters. The molecule has 1 aliphatic heterocycles.